The highest BCUT2D eigenvalue weighted by Gasteiger charge is 2.24. The Morgan fingerprint density at radius 3 is 2.58 bits per heavy atom. The van der Waals surface area contributed by atoms with E-state index in [0.29, 0.717) is 5.76 Å². The van der Waals surface area contributed by atoms with Crippen molar-refractivity contribution in [1.29, 1.82) is 0 Å². The molecule has 1 amide bonds. The van der Waals surface area contributed by atoms with Crippen LogP contribution in [0.15, 0.2) is 83.5 Å². The Balaban J connectivity index is 1.68. The lowest BCUT2D eigenvalue weighted by Crippen LogP contribution is -2.34. The number of carbonyl (C=O) groups excluding carboxylic acids is 1. The quantitative estimate of drug-likeness (QED) is 0.592. The van der Waals surface area contributed by atoms with Crippen LogP contribution in [0.4, 0.5) is 0 Å². The molecule has 0 saturated carbocycles. The van der Waals surface area contributed by atoms with Crippen LogP contribution in [0.3, 0.4) is 0 Å². The topological polar surface area (TPSA) is 60.1 Å². The Bertz CT molecular complexity index is 973. The summed E-state index contributed by atoms with van der Waals surface area (Å²) >= 11 is 0. The molecule has 0 bridgehead atoms. The molecule has 4 rings (SSSR count). The van der Waals surface area contributed by atoms with Crippen LogP contribution in [0.5, 0.6) is 0 Å². The first-order valence-electron chi connectivity index (χ1n) is 8.55. The van der Waals surface area contributed by atoms with Crippen molar-refractivity contribution in [2.24, 2.45) is 0 Å². The van der Waals surface area contributed by atoms with Crippen LogP contribution >= 0.6 is 0 Å². The fraction of sp³-hybridized carbons (Fsp3) is 0.143. The van der Waals surface area contributed by atoms with Crippen LogP contribution in [0.1, 0.15) is 30.3 Å². The molecule has 2 heterocycles. The average Bonchev–Trinajstić information content (AvgIpc) is 3.35. The lowest BCUT2D eigenvalue weighted by molar-refractivity contribution is -0.124. The van der Waals surface area contributed by atoms with Gasteiger partial charge in [-0.1, -0.05) is 48.5 Å². The molecule has 130 valence electrons. The lowest BCUT2D eigenvalue weighted by Gasteiger charge is -2.20. The summed E-state index contributed by atoms with van der Waals surface area (Å²) in [6, 6.07) is 20.7. The minimum Gasteiger partial charge on any atom is -0.459 e. The zero-order valence-corrected chi connectivity index (χ0v) is 14.4. The van der Waals surface area contributed by atoms with E-state index in [2.05, 4.69) is 10.4 Å². The molecule has 0 spiro atoms. The van der Waals surface area contributed by atoms with E-state index in [9.17, 15) is 4.79 Å². The van der Waals surface area contributed by atoms with Crippen LogP contribution in [0.25, 0.3) is 11.0 Å². The van der Waals surface area contributed by atoms with Crippen molar-refractivity contribution in [3.05, 3.63) is 90.4 Å². The SMILES string of the molecule is C[C@H](C(=O)N[C@@H](c1ccccc1)c1cc2ccccc2o1)n1cccn1. The summed E-state index contributed by atoms with van der Waals surface area (Å²) in [4.78, 5) is 12.8. The minimum absolute atomic E-state index is 0.122. The Kier molecular flexibility index (Phi) is 4.27. The number of benzene rings is 2. The van der Waals surface area contributed by atoms with Gasteiger partial charge in [0.25, 0.3) is 0 Å². The number of hydrogen-bond donors (Lipinski definition) is 1. The first kappa shape index (κ1) is 16.1. The Labute approximate surface area is 151 Å². The monoisotopic (exact) mass is 345 g/mol. The van der Waals surface area contributed by atoms with Gasteiger partial charge in [-0.25, -0.2) is 0 Å². The average molecular weight is 345 g/mol. The van der Waals surface area contributed by atoms with Crippen LogP contribution < -0.4 is 5.32 Å². The molecule has 2 atom stereocenters. The van der Waals surface area contributed by atoms with Crippen molar-refractivity contribution >= 4 is 16.9 Å². The number of aromatic nitrogens is 2. The smallest absolute Gasteiger partial charge is 0.245 e. The van der Waals surface area contributed by atoms with Gasteiger partial charge in [0.2, 0.25) is 5.91 Å². The number of carbonyl (C=O) groups is 1. The zero-order valence-electron chi connectivity index (χ0n) is 14.4. The van der Waals surface area contributed by atoms with E-state index in [1.807, 2.05) is 67.6 Å². The fourth-order valence-corrected chi connectivity index (χ4v) is 3.00. The first-order valence-corrected chi connectivity index (χ1v) is 8.55. The van der Waals surface area contributed by atoms with E-state index in [1.54, 1.807) is 23.1 Å². The molecule has 0 unspecified atom stereocenters. The van der Waals surface area contributed by atoms with Gasteiger partial charge in [0.1, 0.15) is 23.4 Å². The Morgan fingerprint density at radius 1 is 1.08 bits per heavy atom. The second kappa shape index (κ2) is 6.88. The van der Waals surface area contributed by atoms with Crippen molar-refractivity contribution in [2.75, 3.05) is 0 Å². The Morgan fingerprint density at radius 2 is 1.85 bits per heavy atom. The third-order valence-electron chi connectivity index (χ3n) is 4.45. The first-order chi connectivity index (χ1) is 12.7. The molecule has 0 saturated heterocycles. The number of fused-ring (bicyclic) bond motifs is 1. The third-order valence-corrected chi connectivity index (χ3v) is 4.45. The fourth-order valence-electron chi connectivity index (χ4n) is 3.00. The number of nitrogens with zero attached hydrogens (tertiary/aromatic N) is 2. The molecule has 0 aliphatic heterocycles. The van der Waals surface area contributed by atoms with E-state index in [1.165, 1.54) is 0 Å². The maximum absolute atomic E-state index is 12.8. The molecule has 0 fully saturated rings. The molecule has 0 radical (unpaired) electrons. The molecular formula is C21H19N3O2. The molecule has 26 heavy (non-hydrogen) atoms. The molecule has 2 aromatic carbocycles. The van der Waals surface area contributed by atoms with Crippen LogP contribution in [-0.2, 0) is 4.79 Å². The maximum atomic E-state index is 12.8. The van der Waals surface area contributed by atoms with Crippen LogP contribution in [0, 0.1) is 0 Å². The number of furan rings is 1. The molecule has 1 N–H and O–H groups in total. The van der Waals surface area contributed by atoms with Gasteiger partial charge in [-0.2, -0.15) is 5.10 Å². The van der Waals surface area contributed by atoms with Crippen molar-refractivity contribution in [3.63, 3.8) is 0 Å². The van der Waals surface area contributed by atoms with Crippen molar-refractivity contribution < 1.29 is 9.21 Å². The largest absolute Gasteiger partial charge is 0.459 e. The van der Waals surface area contributed by atoms with Gasteiger partial charge in [-0.15, -0.1) is 0 Å². The molecule has 2 aromatic heterocycles. The summed E-state index contributed by atoms with van der Waals surface area (Å²) in [5.74, 6) is 0.585. The normalized spacial score (nSPS) is 13.4. The molecule has 5 nitrogen and oxygen atoms in total. The standard InChI is InChI=1S/C21H19N3O2/c1-15(24-13-7-12-22-24)21(25)23-20(16-8-3-2-4-9-16)19-14-17-10-5-6-11-18(17)26-19/h2-15,20H,1H3,(H,23,25)/t15-,20+/m1/s1. The zero-order chi connectivity index (χ0) is 17.9. The summed E-state index contributed by atoms with van der Waals surface area (Å²) in [6.45, 7) is 1.82. The van der Waals surface area contributed by atoms with E-state index >= 15 is 0 Å². The lowest BCUT2D eigenvalue weighted by atomic mass is 10.0. The summed E-state index contributed by atoms with van der Waals surface area (Å²) in [6.07, 6.45) is 3.45. The highest BCUT2D eigenvalue weighted by atomic mass is 16.3. The summed E-state index contributed by atoms with van der Waals surface area (Å²) in [7, 11) is 0. The highest BCUT2D eigenvalue weighted by molar-refractivity contribution is 5.81. The molecular weight excluding hydrogens is 326 g/mol. The van der Waals surface area contributed by atoms with Gasteiger partial charge < -0.3 is 9.73 Å². The predicted octanol–water partition coefficient (Wildman–Crippen LogP) is 4.10. The van der Waals surface area contributed by atoms with Gasteiger partial charge in [0.15, 0.2) is 0 Å². The van der Waals surface area contributed by atoms with E-state index in [4.69, 9.17) is 4.42 Å². The second-order valence-electron chi connectivity index (χ2n) is 6.20. The van der Waals surface area contributed by atoms with E-state index < -0.39 is 6.04 Å². The number of para-hydroxylation sites is 1. The van der Waals surface area contributed by atoms with Crippen molar-refractivity contribution in [3.8, 4) is 0 Å². The van der Waals surface area contributed by atoms with Crippen LogP contribution in [0.2, 0.25) is 0 Å². The van der Waals surface area contributed by atoms with Gasteiger partial charge >= 0.3 is 0 Å². The van der Waals surface area contributed by atoms with Crippen molar-refractivity contribution in [1.82, 2.24) is 15.1 Å². The summed E-state index contributed by atoms with van der Waals surface area (Å²) in [5.41, 5.74) is 1.77. The molecule has 5 heteroatoms. The third kappa shape index (κ3) is 3.11. The van der Waals surface area contributed by atoms with Crippen molar-refractivity contribution in [2.45, 2.75) is 19.0 Å². The summed E-state index contributed by atoms with van der Waals surface area (Å²) in [5, 5.41) is 8.27. The van der Waals surface area contributed by atoms with E-state index in [-0.39, 0.29) is 11.9 Å². The van der Waals surface area contributed by atoms with Crippen LogP contribution in [-0.4, -0.2) is 15.7 Å². The van der Waals surface area contributed by atoms with E-state index in [0.717, 1.165) is 16.5 Å². The van der Waals surface area contributed by atoms with Gasteiger partial charge in [0, 0.05) is 17.8 Å². The van der Waals surface area contributed by atoms with Gasteiger partial charge in [-0.3, -0.25) is 9.48 Å². The predicted molar refractivity (Wildman–Crippen MR) is 99.6 cm³/mol. The number of amides is 1. The maximum Gasteiger partial charge on any atom is 0.245 e. The molecule has 0 aliphatic carbocycles. The molecule has 4 aromatic rings. The number of hydrogen-bond acceptors (Lipinski definition) is 3. The Hall–Kier alpha value is -3.34. The minimum atomic E-state index is -0.416. The van der Waals surface area contributed by atoms with Gasteiger partial charge in [0.05, 0.1) is 0 Å². The number of rotatable bonds is 5. The highest BCUT2D eigenvalue weighted by Crippen LogP contribution is 2.28. The van der Waals surface area contributed by atoms with Gasteiger partial charge in [-0.05, 0) is 30.7 Å². The second-order valence-corrected chi connectivity index (χ2v) is 6.20. The number of nitrogens with one attached hydrogen (secondary N) is 1. The summed E-state index contributed by atoms with van der Waals surface area (Å²) < 4.78 is 7.65. The molecule has 0 aliphatic rings.